The van der Waals surface area contributed by atoms with Gasteiger partial charge >= 0.3 is 11.1 Å². The molecule has 0 amide bonds. The van der Waals surface area contributed by atoms with Gasteiger partial charge in [-0.2, -0.15) is 0 Å². The Labute approximate surface area is 130 Å². The van der Waals surface area contributed by atoms with E-state index in [9.17, 15) is 14.7 Å². The van der Waals surface area contributed by atoms with Crippen molar-refractivity contribution in [3.8, 4) is 0 Å². The standard InChI is InChI=1S/C13H9IN2O3S/c14-10-4-7(5-20-10)11(17)6-1-2-8-9(3-6)16-13(19)12(18)15-8/h1-5,11,17H,(H,15,18)(H,16,19). The number of rotatable bonds is 2. The Kier molecular flexibility index (Phi) is 3.48. The van der Waals surface area contributed by atoms with E-state index >= 15 is 0 Å². The van der Waals surface area contributed by atoms with Crippen LogP contribution in [-0.4, -0.2) is 15.1 Å². The van der Waals surface area contributed by atoms with Crippen LogP contribution in [0.1, 0.15) is 17.2 Å². The summed E-state index contributed by atoms with van der Waals surface area (Å²) in [5.41, 5.74) is 1.12. The fourth-order valence-electron chi connectivity index (χ4n) is 1.96. The van der Waals surface area contributed by atoms with Crippen molar-refractivity contribution < 1.29 is 5.11 Å². The summed E-state index contributed by atoms with van der Waals surface area (Å²) in [7, 11) is 0. The fourth-order valence-corrected chi connectivity index (χ4v) is 3.35. The number of aliphatic hydroxyl groups excluding tert-OH is 1. The molecule has 3 N–H and O–H groups in total. The third-order valence-electron chi connectivity index (χ3n) is 2.97. The third kappa shape index (κ3) is 2.43. The topological polar surface area (TPSA) is 85.9 Å². The first kappa shape index (κ1) is 13.5. The highest BCUT2D eigenvalue weighted by Gasteiger charge is 2.13. The van der Waals surface area contributed by atoms with Crippen LogP contribution in [-0.2, 0) is 0 Å². The predicted octanol–water partition coefficient (Wildman–Crippen LogP) is 1.96. The second-order valence-corrected chi connectivity index (χ2v) is 7.11. The molecule has 1 unspecified atom stereocenters. The molecule has 0 fully saturated rings. The van der Waals surface area contributed by atoms with E-state index in [1.807, 2.05) is 11.4 Å². The minimum absolute atomic E-state index is 0.496. The van der Waals surface area contributed by atoms with E-state index in [1.54, 1.807) is 29.5 Å². The van der Waals surface area contributed by atoms with Gasteiger partial charge in [-0.3, -0.25) is 9.59 Å². The SMILES string of the molecule is O=c1[nH]c2ccc(C(O)c3csc(I)c3)cc2[nH]c1=O. The van der Waals surface area contributed by atoms with Crippen molar-refractivity contribution in [2.75, 3.05) is 0 Å². The molecule has 3 rings (SSSR count). The number of nitrogens with one attached hydrogen (secondary N) is 2. The molecule has 2 heterocycles. The van der Waals surface area contributed by atoms with Crippen molar-refractivity contribution >= 4 is 45.0 Å². The summed E-state index contributed by atoms with van der Waals surface area (Å²) in [5, 5.41) is 12.2. The highest BCUT2D eigenvalue weighted by atomic mass is 127. The lowest BCUT2D eigenvalue weighted by molar-refractivity contribution is 0.221. The summed E-state index contributed by atoms with van der Waals surface area (Å²) in [6.45, 7) is 0. The molecular weight excluding hydrogens is 391 g/mol. The minimum Gasteiger partial charge on any atom is -0.384 e. The van der Waals surface area contributed by atoms with Crippen LogP contribution in [0.4, 0.5) is 0 Å². The van der Waals surface area contributed by atoms with Crippen LogP contribution in [0.3, 0.4) is 0 Å². The first-order valence-corrected chi connectivity index (χ1v) is 7.69. The van der Waals surface area contributed by atoms with Crippen LogP contribution in [0.5, 0.6) is 0 Å². The minimum atomic E-state index is -0.755. The van der Waals surface area contributed by atoms with Crippen molar-refractivity contribution in [2.45, 2.75) is 6.10 Å². The predicted molar refractivity (Wildman–Crippen MR) is 86.3 cm³/mol. The molecule has 2 aromatic heterocycles. The van der Waals surface area contributed by atoms with Gasteiger partial charge in [-0.25, -0.2) is 0 Å². The average molecular weight is 400 g/mol. The Hall–Kier alpha value is -1.45. The second-order valence-electron chi connectivity index (χ2n) is 4.30. The van der Waals surface area contributed by atoms with Crippen LogP contribution < -0.4 is 11.1 Å². The molecule has 0 radical (unpaired) electrons. The summed E-state index contributed by atoms with van der Waals surface area (Å²) in [6, 6.07) is 6.98. The van der Waals surface area contributed by atoms with E-state index in [1.165, 1.54) is 0 Å². The van der Waals surface area contributed by atoms with E-state index in [-0.39, 0.29) is 0 Å². The zero-order valence-electron chi connectivity index (χ0n) is 10.0. The van der Waals surface area contributed by atoms with Gasteiger partial charge in [-0.15, -0.1) is 11.3 Å². The number of aromatic nitrogens is 2. The number of thiophene rings is 1. The number of H-pyrrole nitrogens is 2. The molecule has 0 aliphatic heterocycles. The van der Waals surface area contributed by atoms with Gasteiger partial charge in [0.1, 0.15) is 6.10 Å². The molecular formula is C13H9IN2O3S. The highest BCUT2D eigenvalue weighted by Crippen LogP contribution is 2.28. The smallest absolute Gasteiger partial charge is 0.314 e. The van der Waals surface area contributed by atoms with Crippen molar-refractivity contribution in [1.82, 2.24) is 9.97 Å². The van der Waals surface area contributed by atoms with Crippen LogP contribution in [0.25, 0.3) is 11.0 Å². The molecule has 1 atom stereocenters. The largest absolute Gasteiger partial charge is 0.384 e. The second kappa shape index (κ2) is 5.15. The van der Waals surface area contributed by atoms with Gasteiger partial charge in [-0.1, -0.05) is 6.07 Å². The number of aliphatic hydroxyl groups is 1. The average Bonchev–Trinajstić information content (AvgIpc) is 2.85. The molecule has 0 bridgehead atoms. The molecule has 0 aliphatic rings. The zero-order chi connectivity index (χ0) is 14.3. The maximum atomic E-state index is 11.3. The Morgan fingerprint density at radius 1 is 1.05 bits per heavy atom. The molecule has 7 heteroatoms. The summed E-state index contributed by atoms with van der Waals surface area (Å²) in [6.07, 6.45) is -0.755. The van der Waals surface area contributed by atoms with E-state index < -0.39 is 17.2 Å². The maximum Gasteiger partial charge on any atom is 0.314 e. The van der Waals surface area contributed by atoms with Gasteiger partial charge < -0.3 is 15.1 Å². The lowest BCUT2D eigenvalue weighted by Gasteiger charge is -2.10. The lowest BCUT2D eigenvalue weighted by Crippen LogP contribution is -2.28. The van der Waals surface area contributed by atoms with Crippen LogP contribution >= 0.6 is 33.9 Å². The molecule has 5 nitrogen and oxygen atoms in total. The fraction of sp³-hybridized carbons (Fsp3) is 0.0769. The van der Waals surface area contributed by atoms with Crippen molar-refractivity contribution in [3.05, 3.63) is 64.4 Å². The highest BCUT2D eigenvalue weighted by molar-refractivity contribution is 14.1. The monoisotopic (exact) mass is 400 g/mol. The number of hydrogen-bond donors (Lipinski definition) is 3. The van der Waals surface area contributed by atoms with Crippen molar-refractivity contribution in [1.29, 1.82) is 0 Å². The summed E-state index contributed by atoms with van der Waals surface area (Å²) >= 11 is 3.75. The number of benzene rings is 1. The normalized spacial score (nSPS) is 12.7. The summed E-state index contributed by atoms with van der Waals surface area (Å²) < 4.78 is 1.09. The zero-order valence-corrected chi connectivity index (χ0v) is 13.0. The Balaban J connectivity index is 2.11. The summed E-state index contributed by atoms with van der Waals surface area (Å²) in [5.74, 6) is 0. The van der Waals surface area contributed by atoms with Gasteiger partial charge in [0.25, 0.3) is 0 Å². The van der Waals surface area contributed by atoms with Crippen LogP contribution in [0, 0.1) is 2.88 Å². The molecule has 1 aromatic carbocycles. The number of fused-ring (bicyclic) bond motifs is 1. The first-order valence-electron chi connectivity index (χ1n) is 5.73. The molecule has 0 aliphatic carbocycles. The molecule has 3 aromatic rings. The van der Waals surface area contributed by atoms with Gasteiger partial charge in [0.15, 0.2) is 0 Å². The Bertz CT molecular complexity index is 896. The van der Waals surface area contributed by atoms with Gasteiger partial charge in [0.2, 0.25) is 0 Å². The molecule has 102 valence electrons. The molecule has 0 spiro atoms. The maximum absolute atomic E-state index is 11.3. The first-order chi connectivity index (χ1) is 9.54. The molecule has 0 saturated carbocycles. The lowest BCUT2D eigenvalue weighted by atomic mass is 10.0. The van der Waals surface area contributed by atoms with Crippen LogP contribution in [0.15, 0.2) is 39.2 Å². The molecule has 0 saturated heterocycles. The number of halogens is 1. The van der Waals surface area contributed by atoms with Crippen LogP contribution in [0.2, 0.25) is 0 Å². The van der Waals surface area contributed by atoms with E-state index in [0.29, 0.717) is 16.6 Å². The van der Waals surface area contributed by atoms with E-state index in [4.69, 9.17) is 0 Å². The van der Waals surface area contributed by atoms with Gasteiger partial charge in [0, 0.05) is 0 Å². The van der Waals surface area contributed by atoms with Crippen molar-refractivity contribution in [2.24, 2.45) is 0 Å². The third-order valence-corrected chi connectivity index (χ3v) is 4.77. The number of aromatic amines is 2. The summed E-state index contributed by atoms with van der Waals surface area (Å²) in [4.78, 5) is 27.5. The Morgan fingerprint density at radius 2 is 1.75 bits per heavy atom. The van der Waals surface area contributed by atoms with E-state index in [0.717, 1.165) is 8.45 Å². The van der Waals surface area contributed by atoms with Crippen molar-refractivity contribution in [3.63, 3.8) is 0 Å². The number of hydrogen-bond acceptors (Lipinski definition) is 4. The van der Waals surface area contributed by atoms with Gasteiger partial charge in [-0.05, 0) is 57.3 Å². The Morgan fingerprint density at radius 3 is 2.40 bits per heavy atom. The van der Waals surface area contributed by atoms with Gasteiger partial charge in [0.05, 0.1) is 13.9 Å². The molecule has 20 heavy (non-hydrogen) atoms. The van der Waals surface area contributed by atoms with E-state index in [2.05, 4.69) is 32.6 Å². The quantitative estimate of drug-likeness (QED) is 0.454.